The average molecular weight is 257 g/mol. The minimum absolute atomic E-state index is 0.0559. The van der Waals surface area contributed by atoms with Gasteiger partial charge in [-0.3, -0.25) is 9.69 Å². The molecule has 1 amide bonds. The highest BCUT2D eigenvalue weighted by Gasteiger charge is 2.40. The lowest BCUT2D eigenvalue weighted by molar-refractivity contribution is -0.123. The summed E-state index contributed by atoms with van der Waals surface area (Å²) in [5.74, 6) is 0.0559. The van der Waals surface area contributed by atoms with E-state index in [9.17, 15) is 9.59 Å². The molecule has 1 fully saturated rings. The quantitative estimate of drug-likeness (QED) is 0.776. The smallest absolute Gasteiger partial charge is 0.410 e. The van der Waals surface area contributed by atoms with E-state index in [4.69, 9.17) is 9.47 Å². The van der Waals surface area contributed by atoms with Crippen molar-refractivity contribution in [2.45, 2.75) is 58.3 Å². The monoisotopic (exact) mass is 257 g/mol. The number of carbonyl (C=O) groups excluding carboxylic acids is 2. The molecule has 5 heteroatoms. The van der Waals surface area contributed by atoms with Gasteiger partial charge in [-0.05, 0) is 20.8 Å². The average Bonchev–Trinajstić information content (AvgIpc) is 2.69. The van der Waals surface area contributed by atoms with Crippen molar-refractivity contribution in [2.75, 3.05) is 13.7 Å². The fourth-order valence-corrected chi connectivity index (χ4v) is 2.03. The lowest BCUT2D eigenvalue weighted by Crippen LogP contribution is -2.43. The van der Waals surface area contributed by atoms with Gasteiger partial charge in [-0.2, -0.15) is 0 Å². The van der Waals surface area contributed by atoms with Crippen molar-refractivity contribution in [3.63, 3.8) is 0 Å². The summed E-state index contributed by atoms with van der Waals surface area (Å²) in [6.07, 6.45) is 0.454. The molecular weight excluding hydrogens is 234 g/mol. The summed E-state index contributed by atoms with van der Waals surface area (Å²) in [7, 11) is 1.59. The molecule has 1 aliphatic heterocycles. The van der Waals surface area contributed by atoms with Gasteiger partial charge >= 0.3 is 6.09 Å². The van der Waals surface area contributed by atoms with E-state index in [-0.39, 0.29) is 11.9 Å². The van der Waals surface area contributed by atoms with Crippen LogP contribution in [0, 0.1) is 0 Å². The first-order valence-corrected chi connectivity index (χ1v) is 6.33. The van der Waals surface area contributed by atoms with Crippen LogP contribution < -0.4 is 0 Å². The van der Waals surface area contributed by atoms with Crippen molar-refractivity contribution in [3.8, 4) is 0 Å². The molecule has 1 rings (SSSR count). The Kier molecular flexibility index (Phi) is 4.73. The second-order valence-electron chi connectivity index (χ2n) is 5.56. The van der Waals surface area contributed by atoms with Crippen LogP contribution in [-0.2, 0) is 14.3 Å². The van der Waals surface area contributed by atoms with Crippen LogP contribution in [0.25, 0.3) is 0 Å². The zero-order chi connectivity index (χ0) is 13.9. The van der Waals surface area contributed by atoms with Crippen LogP contribution in [0.2, 0.25) is 0 Å². The normalized spacial score (nSPS) is 24.2. The zero-order valence-electron chi connectivity index (χ0n) is 11.9. The van der Waals surface area contributed by atoms with E-state index >= 15 is 0 Å². The van der Waals surface area contributed by atoms with Crippen molar-refractivity contribution in [2.24, 2.45) is 0 Å². The number of hydrogen-bond donors (Lipinski definition) is 0. The lowest BCUT2D eigenvalue weighted by Gasteiger charge is -2.27. The Morgan fingerprint density at radius 2 is 1.94 bits per heavy atom. The first kappa shape index (κ1) is 15.0. The van der Waals surface area contributed by atoms with Crippen molar-refractivity contribution in [1.29, 1.82) is 0 Å². The van der Waals surface area contributed by atoms with E-state index in [1.54, 1.807) is 14.0 Å². The van der Waals surface area contributed by atoms with E-state index in [1.165, 1.54) is 4.90 Å². The van der Waals surface area contributed by atoms with Gasteiger partial charge in [0.1, 0.15) is 5.60 Å². The van der Waals surface area contributed by atoms with E-state index in [0.717, 1.165) is 0 Å². The van der Waals surface area contributed by atoms with Gasteiger partial charge in [0.2, 0.25) is 0 Å². The minimum atomic E-state index is -0.554. The van der Waals surface area contributed by atoms with E-state index < -0.39 is 17.7 Å². The van der Waals surface area contributed by atoms with Gasteiger partial charge in [0.05, 0.1) is 18.7 Å². The number of ketones is 1. The van der Waals surface area contributed by atoms with Crippen LogP contribution in [0.4, 0.5) is 4.79 Å². The lowest BCUT2D eigenvalue weighted by atomic mass is 10.1. The van der Waals surface area contributed by atoms with Crippen LogP contribution in [0.1, 0.15) is 40.5 Å². The molecule has 0 saturated carbocycles. The molecule has 1 aliphatic rings. The second kappa shape index (κ2) is 5.69. The highest BCUT2D eigenvalue weighted by atomic mass is 16.6. The SMILES string of the molecule is CCC(=O)[C@@H]1C[C@H](OC)CN1C(=O)OC(C)(C)C. The minimum Gasteiger partial charge on any atom is -0.444 e. The van der Waals surface area contributed by atoms with Crippen LogP contribution >= 0.6 is 0 Å². The van der Waals surface area contributed by atoms with Crippen molar-refractivity contribution >= 4 is 11.9 Å². The maximum absolute atomic E-state index is 12.0. The van der Waals surface area contributed by atoms with Crippen molar-refractivity contribution < 1.29 is 19.1 Å². The van der Waals surface area contributed by atoms with Crippen LogP contribution in [0.15, 0.2) is 0 Å². The summed E-state index contributed by atoms with van der Waals surface area (Å²) in [6.45, 7) is 7.65. The highest BCUT2D eigenvalue weighted by Crippen LogP contribution is 2.24. The van der Waals surface area contributed by atoms with Gasteiger partial charge in [0, 0.05) is 20.0 Å². The van der Waals surface area contributed by atoms with E-state index in [1.807, 2.05) is 20.8 Å². The molecule has 0 unspecified atom stereocenters. The Bertz CT molecular complexity index is 321. The Morgan fingerprint density at radius 1 is 1.33 bits per heavy atom. The standard InChI is InChI=1S/C13H23NO4/c1-6-11(15)10-7-9(17-5)8-14(10)12(16)18-13(2,3)4/h9-10H,6-8H2,1-5H3/t9-,10-/m0/s1. The molecule has 18 heavy (non-hydrogen) atoms. The Labute approximate surface area is 108 Å². The summed E-state index contributed by atoms with van der Waals surface area (Å²) in [5, 5.41) is 0. The third-order valence-electron chi connectivity index (χ3n) is 2.94. The molecule has 0 aromatic carbocycles. The van der Waals surface area contributed by atoms with E-state index in [2.05, 4.69) is 0 Å². The Morgan fingerprint density at radius 3 is 2.39 bits per heavy atom. The fourth-order valence-electron chi connectivity index (χ4n) is 2.03. The van der Waals surface area contributed by atoms with Gasteiger partial charge in [0.15, 0.2) is 5.78 Å². The molecule has 0 aromatic rings. The fraction of sp³-hybridized carbons (Fsp3) is 0.846. The number of ether oxygens (including phenoxy) is 2. The Balaban J connectivity index is 2.77. The molecule has 0 N–H and O–H groups in total. The third kappa shape index (κ3) is 3.70. The number of hydrogen-bond acceptors (Lipinski definition) is 4. The van der Waals surface area contributed by atoms with Gasteiger partial charge in [-0.25, -0.2) is 4.79 Å². The maximum Gasteiger partial charge on any atom is 0.410 e. The Hall–Kier alpha value is -1.10. The van der Waals surface area contributed by atoms with Crippen LogP contribution in [0.5, 0.6) is 0 Å². The third-order valence-corrected chi connectivity index (χ3v) is 2.94. The van der Waals surface area contributed by atoms with Gasteiger partial charge in [-0.1, -0.05) is 6.92 Å². The zero-order valence-corrected chi connectivity index (χ0v) is 11.9. The second-order valence-corrected chi connectivity index (χ2v) is 5.56. The number of rotatable bonds is 3. The predicted molar refractivity (Wildman–Crippen MR) is 67.4 cm³/mol. The van der Waals surface area contributed by atoms with Crippen molar-refractivity contribution in [3.05, 3.63) is 0 Å². The summed E-state index contributed by atoms with van der Waals surface area (Å²) in [5.41, 5.74) is -0.554. The largest absolute Gasteiger partial charge is 0.444 e. The number of nitrogens with zero attached hydrogens (tertiary/aromatic N) is 1. The number of Topliss-reactive ketones (excluding diaryl/α,β-unsaturated/α-hetero) is 1. The molecule has 0 radical (unpaired) electrons. The molecule has 1 saturated heterocycles. The van der Waals surface area contributed by atoms with Gasteiger partial charge < -0.3 is 9.47 Å². The number of methoxy groups -OCH3 is 1. The number of carbonyl (C=O) groups is 2. The molecule has 104 valence electrons. The number of likely N-dealkylation sites (tertiary alicyclic amines) is 1. The molecule has 0 aliphatic carbocycles. The highest BCUT2D eigenvalue weighted by molar-refractivity contribution is 5.87. The molecule has 0 bridgehead atoms. The predicted octanol–water partition coefficient (Wildman–Crippen LogP) is 1.99. The van der Waals surface area contributed by atoms with E-state index in [0.29, 0.717) is 19.4 Å². The first-order valence-electron chi connectivity index (χ1n) is 6.33. The maximum atomic E-state index is 12.0. The van der Waals surface area contributed by atoms with Crippen molar-refractivity contribution in [1.82, 2.24) is 4.90 Å². The summed E-state index contributed by atoms with van der Waals surface area (Å²) >= 11 is 0. The summed E-state index contributed by atoms with van der Waals surface area (Å²) in [4.78, 5) is 25.4. The summed E-state index contributed by atoms with van der Waals surface area (Å²) < 4.78 is 10.6. The summed E-state index contributed by atoms with van der Waals surface area (Å²) in [6, 6.07) is -0.408. The molecule has 2 atom stereocenters. The topological polar surface area (TPSA) is 55.8 Å². The first-order chi connectivity index (χ1) is 8.28. The molecule has 0 aromatic heterocycles. The van der Waals surface area contributed by atoms with Crippen LogP contribution in [0.3, 0.4) is 0 Å². The molecule has 5 nitrogen and oxygen atoms in total. The van der Waals surface area contributed by atoms with Gasteiger partial charge in [0.25, 0.3) is 0 Å². The molecule has 0 spiro atoms. The molecule has 1 heterocycles. The number of amides is 1. The van der Waals surface area contributed by atoms with Gasteiger partial charge in [-0.15, -0.1) is 0 Å². The van der Waals surface area contributed by atoms with Crippen LogP contribution in [-0.4, -0.2) is 48.2 Å². The molecular formula is C13H23NO4.